The summed E-state index contributed by atoms with van der Waals surface area (Å²) >= 11 is 0. The van der Waals surface area contributed by atoms with E-state index in [9.17, 15) is 14.4 Å². The standard InChI is InChI=1S/C21H20N2O4/c1-3-12-27-13-23-18(15(4-2)20(25)22-21(23)26)19(24)17-11-7-9-14-8-5-6-10-16(14)17/h3,5-11H,1,4,12-13H2,2H3,(H,22,25,26). The minimum Gasteiger partial charge on any atom is -0.357 e. The van der Waals surface area contributed by atoms with Crippen LogP contribution in [0.15, 0.2) is 64.7 Å². The minimum atomic E-state index is -0.676. The van der Waals surface area contributed by atoms with Crippen LogP contribution in [-0.2, 0) is 17.9 Å². The van der Waals surface area contributed by atoms with Crippen molar-refractivity contribution in [1.29, 1.82) is 0 Å². The van der Waals surface area contributed by atoms with Crippen molar-refractivity contribution in [3.8, 4) is 0 Å². The molecule has 0 saturated carbocycles. The van der Waals surface area contributed by atoms with Gasteiger partial charge in [-0.3, -0.25) is 19.1 Å². The Morgan fingerprint density at radius 3 is 2.67 bits per heavy atom. The van der Waals surface area contributed by atoms with Gasteiger partial charge >= 0.3 is 5.69 Å². The van der Waals surface area contributed by atoms with Crippen LogP contribution in [-0.4, -0.2) is 21.9 Å². The van der Waals surface area contributed by atoms with Crippen LogP contribution in [0.1, 0.15) is 28.5 Å². The minimum absolute atomic E-state index is 0.0617. The highest BCUT2D eigenvalue weighted by Crippen LogP contribution is 2.22. The fourth-order valence-electron chi connectivity index (χ4n) is 3.10. The van der Waals surface area contributed by atoms with E-state index >= 15 is 0 Å². The molecule has 0 aliphatic carbocycles. The number of rotatable bonds is 7. The molecule has 3 rings (SSSR count). The zero-order chi connectivity index (χ0) is 19.4. The molecule has 0 bridgehead atoms. The first-order chi connectivity index (χ1) is 13.1. The summed E-state index contributed by atoms with van der Waals surface area (Å²) in [6, 6.07) is 12.9. The Morgan fingerprint density at radius 1 is 1.19 bits per heavy atom. The third-order valence-electron chi connectivity index (χ3n) is 4.35. The first-order valence-corrected chi connectivity index (χ1v) is 8.65. The monoisotopic (exact) mass is 364 g/mol. The summed E-state index contributed by atoms with van der Waals surface area (Å²) in [5, 5.41) is 1.67. The maximum Gasteiger partial charge on any atom is 0.330 e. The van der Waals surface area contributed by atoms with Gasteiger partial charge in [0, 0.05) is 11.1 Å². The highest BCUT2D eigenvalue weighted by atomic mass is 16.5. The molecule has 1 heterocycles. The van der Waals surface area contributed by atoms with E-state index in [-0.39, 0.29) is 30.4 Å². The second-order valence-electron chi connectivity index (χ2n) is 6.01. The lowest BCUT2D eigenvalue weighted by Gasteiger charge is -2.15. The van der Waals surface area contributed by atoms with Crippen molar-refractivity contribution in [1.82, 2.24) is 9.55 Å². The van der Waals surface area contributed by atoms with E-state index in [0.717, 1.165) is 10.8 Å². The van der Waals surface area contributed by atoms with Crippen LogP contribution in [0.3, 0.4) is 0 Å². The number of hydrogen-bond donors (Lipinski definition) is 1. The number of hydrogen-bond acceptors (Lipinski definition) is 4. The smallest absolute Gasteiger partial charge is 0.330 e. The Balaban J connectivity index is 2.24. The summed E-state index contributed by atoms with van der Waals surface area (Å²) in [7, 11) is 0. The summed E-state index contributed by atoms with van der Waals surface area (Å²) in [5.41, 5.74) is -0.470. The molecule has 0 saturated heterocycles. The Kier molecular flexibility index (Phi) is 5.47. The number of carbonyl (C=O) groups is 1. The molecule has 27 heavy (non-hydrogen) atoms. The van der Waals surface area contributed by atoms with Gasteiger partial charge in [-0.1, -0.05) is 55.5 Å². The Labute approximate surface area is 155 Å². The Morgan fingerprint density at radius 2 is 1.93 bits per heavy atom. The molecule has 0 unspecified atom stereocenters. The highest BCUT2D eigenvalue weighted by molar-refractivity contribution is 6.16. The van der Waals surface area contributed by atoms with E-state index in [1.165, 1.54) is 4.57 Å². The largest absolute Gasteiger partial charge is 0.357 e. The number of nitrogens with zero attached hydrogens (tertiary/aromatic N) is 1. The highest BCUT2D eigenvalue weighted by Gasteiger charge is 2.23. The van der Waals surface area contributed by atoms with Gasteiger partial charge in [0.2, 0.25) is 5.78 Å². The van der Waals surface area contributed by atoms with Crippen LogP contribution < -0.4 is 11.2 Å². The fraction of sp³-hybridized carbons (Fsp3) is 0.190. The van der Waals surface area contributed by atoms with E-state index in [2.05, 4.69) is 11.6 Å². The average Bonchev–Trinajstić information content (AvgIpc) is 2.68. The molecule has 0 aliphatic rings. The predicted octanol–water partition coefficient (Wildman–Crippen LogP) is 2.64. The van der Waals surface area contributed by atoms with Crippen LogP contribution in [0.25, 0.3) is 10.8 Å². The summed E-state index contributed by atoms with van der Waals surface area (Å²) in [6.07, 6.45) is 1.85. The van der Waals surface area contributed by atoms with Crippen molar-refractivity contribution in [2.45, 2.75) is 20.1 Å². The second kappa shape index (κ2) is 7.97. The van der Waals surface area contributed by atoms with Crippen LogP contribution in [0.2, 0.25) is 0 Å². The Hall–Kier alpha value is -3.25. The van der Waals surface area contributed by atoms with E-state index in [1.54, 1.807) is 25.1 Å². The van der Waals surface area contributed by atoms with Gasteiger partial charge in [0.1, 0.15) is 12.4 Å². The van der Waals surface area contributed by atoms with E-state index in [4.69, 9.17) is 4.74 Å². The second-order valence-corrected chi connectivity index (χ2v) is 6.01. The zero-order valence-corrected chi connectivity index (χ0v) is 15.0. The molecule has 1 aromatic heterocycles. The molecule has 6 nitrogen and oxygen atoms in total. The number of aromatic amines is 1. The van der Waals surface area contributed by atoms with Gasteiger partial charge in [0.25, 0.3) is 5.56 Å². The lowest BCUT2D eigenvalue weighted by atomic mass is 9.97. The van der Waals surface area contributed by atoms with Gasteiger partial charge in [-0.15, -0.1) is 6.58 Å². The molecule has 3 aromatic rings. The summed E-state index contributed by atoms with van der Waals surface area (Å²) in [6.45, 7) is 5.40. The molecular formula is C21H20N2O4. The fourth-order valence-corrected chi connectivity index (χ4v) is 3.10. The van der Waals surface area contributed by atoms with Gasteiger partial charge in [-0.2, -0.15) is 0 Å². The van der Waals surface area contributed by atoms with Crippen LogP contribution in [0.4, 0.5) is 0 Å². The number of aromatic nitrogens is 2. The lowest BCUT2D eigenvalue weighted by Crippen LogP contribution is -2.38. The van der Waals surface area contributed by atoms with Crippen molar-refractivity contribution >= 4 is 16.6 Å². The normalized spacial score (nSPS) is 10.9. The average molecular weight is 364 g/mol. The number of ketones is 1. The van der Waals surface area contributed by atoms with Crippen molar-refractivity contribution in [3.63, 3.8) is 0 Å². The lowest BCUT2D eigenvalue weighted by molar-refractivity contribution is 0.0873. The molecule has 1 N–H and O–H groups in total. The number of benzene rings is 2. The molecule has 0 radical (unpaired) electrons. The summed E-state index contributed by atoms with van der Waals surface area (Å²) in [4.78, 5) is 40.3. The molecule has 0 amide bonds. The van der Waals surface area contributed by atoms with Crippen LogP contribution in [0, 0.1) is 0 Å². The molecule has 0 fully saturated rings. The van der Waals surface area contributed by atoms with Gasteiger partial charge < -0.3 is 4.74 Å². The van der Waals surface area contributed by atoms with Crippen LogP contribution >= 0.6 is 0 Å². The first kappa shape index (κ1) is 18.5. The number of carbonyl (C=O) groups excluding carboxylic acids is 1. The summed E-state index contributed by atoms with van der Waals surface area (Å²) in [5.74, 6) is -0.381. The molecule has 0 atom stereocenters. The quantitative estimate of drug-likeness (QED) is 0.397. The molecule has 6 heteroatoms. The first-order valence-electron chi connectivity index (χ1n) is 8.65. The molecule has 0 spiro atoms. The van der Waals surface area contributed by atoms with E-state index < -0.39 is 11.2 Å². The third kappa shape index (κ3) is 3.52. The number of ether oxygens (including phenoxy) is 1. The predicted molar refractivity (Wildman–Crippen MR) is 104 cm³/mol. The molecule has 138 valence electrons. The molecular weight excluding hydrogens is 344 g/mol. The number of H-pyrrole nitrogens is 1. The van der Waals surface area contributed by atoms with Gasteiger partial charge in [0.05, 0.1) is 6.61 Å². The van der Waals surface area contributed by atoms with Crippen molar-refractivity contribution < 1.29 is 9.53 Å². The maximum atomic E-state index is 13.4. The van der Waals surface area contributed by atoms with Gasteiger partial charge in [-0.05, 0) is 17.2 Å². The Bertz CT molecular complexity index is 1120. The van der Waals surface area contributed by atoms with Crippen molar-refractivity contribution in [3.05, 3.63) is 92.8 Å². The topological polar surface area (TPSA) is 81.2 Å². The number of nitrogens with one attached hydrogen (secondary N) is 1. The van der Waals surface area contributed by atoms with Crippen LogP contribution in [0.5, 0.6) is 0 Å². The molecule has 2 aromatic carbocycles. The van der Waals surface area contributed by atoms with Gasteiger partial charge in [0.15, 0.2) is 0 Å². The maximum absolute atomic E-state index is 13.4. The van der Waals surface area contributed by atoms with Gasteiger partial charge in [-0.25, -0.2) is 4.79 Å². The number of fused-ring (bicyclic) bond motifs is 1. The van der Waals surface area contributed by atoms with Crippen molar-refractivity contribution in [2.24, 2.45) is 0 Å². The van der Waals surface area contributed by atoms with E-state index in [1.807, 2.05) is 30.3 Å². The van der Waals surface area contributed by atoms with Crippen molar-refractivity contribution in [2.75, 3.05) is 6.61 Å². The third-order valence-corrected chi connectivity index (χ3v) is 4.35. The molecule has 0 aliphatic heterocycles. The zero-order valence-electron chi connectivity index (χ0n) is 15.0. The SMILES string of the molecule is C=CCOCn1c(C(=O)c2cccc3ccccc23)c(CC)c(=O)[nH]c1=O. The summed E-state index contributed by atoms with van der Waals surface area (Å²) < 4.78 is 6.55. The van der Waals surface area contributed by atoms with E-state index in [0.29, 0.717) is 12.0 Å².